The fraction of sp³-hybridized carbons (Fsp3) is 0.389. The van der Waals surface area contributed by atoms with Crippen LogP contribution < -0.4 is 5.32 Å². The second kappa shape index (κ2) is 7.81. The van der Waals surface area contributed by atoms with Gasteiger partial charge in [-0.25, -0.2) is 4.79 Å². The number of thiophene rings is 2. The maximum atomic E-state index is 12.1. The summed E-state index contributed by atoms with van der Waals surface area (Å²) in [5.41, 5.74) is 1.64. The van der Waals surface area contributed by atoms with E-state index in [1.165, 1.54) is 34.0 Å². The predicted octanol–water partition coefficient (Wildman–Crippen LogP) is 4.05. The van der Waals surface area contributed by atoms with Crippen molar-refractivity contribution in [2.45, 2.75) is 39.0 Å². The van der Waals surface area contributed by atoms with Gasteiger partial charge < -0.3 is 10.1 Å². The Morgan fingerprint density at radius 3 is 2.76 bits per heavy atom. The monoisotopic (exact) mass is 374 g/mol. The predicted molar refractivity (Wildman–Crippen MR) is 98.3 cm³/mol. The summed E-state index contributed by atoms with van der Waals surface area (Å²) in [4.78, 5) is 26.7. The fourth-order valence-electron chi connectivity index (χ4n) is 2.86. The van der Waals surface area contributed by atoms with E-state index in [4.69, 9.17) is 4.74 Å². The number of nitriles is 1. The van der Waals surface area contributed by atoms with Gasteiger partial charge in [0.15, 0.2) is 6.61 Å². The molecule has 0 aliphatic heterocycles. The summed E-state index contributed by atoms with van der Waals surface area (Å²) in [5.74, 6) is -0.926. The van der Waals surface area contributed by atoms with Crippen LogP contribution in [0, 0.1) is 18.3 Å². The number of nitrogens with zero attached hydrogens (tertiary/aromatic N) is 1. The summed E-state index contributed by atoms with van der Waals surface area (Å²) < 4.78 is 5.05. The number of carbonyl (C=O) groups excluding carboxylic acids is 2. The molecule has 130 valence electrons. The van der Waals surface area contributed by atoms with E-state index in [1.807, 2.05) is 13.0 Å². The molecular formula is C18H18N2O3S2. The summed E-state index contributed by atoms with van der Waals surface area (Å²) in [5, 5.41) is 12.8. The van der Waals surface area contributed by atoms with E-state index in [0.29, 0.717) is 15.4 Å². The number of rotatable bonds is 4. The van der Waals surface area contributed by atoms with Crippen molar-refractivity contribution < 1.29 is 14.3 Å². The Bertz CT molecular complexity index is 845. The second-order valence-corrected chi connectivity index (χ2v) is 8.31. The number of carbonyl (C=O) groups is 2. The van der Waals surface area contributed by atoms with Gasteiger partial charge in [0.05, 0.1) is 5.56 Å². The van der Waals surface area contributed by atoms with Crippen molar-refractivity contribution in [1.29, 1.82) is 5.26 Å². The standard InChI is InChI=1S/C18H18N2O3S2/c1-11-7-8-15(24-11)18(22)23-10-16(21)20-17-13(9-19)12-5-3-2-4-6-14(12)25-17/h7-8H,2-6,10H2,1H3,(H,20,21). The van der Waals surface area contributed by atoms with Crippen molar-refractivity contribution in [3.8, 4) is 6.07 Å². The third-order valence-electron chi connectivity index (χ3n) is 4.06. The summed E-state index contributed by atoms with van der Waals surface area (Å²) in [6.07, 6.45) is 5.20. The van der Waals surface area contributed by atoms with Gasteiger partial charge in [0, 0.05) is 9.75 Å². The molecule has 3 rings (SSSR count). The number of hydrogen-bond donors (Lipinski definition) is 1. The van der Waals surface area contributed by atoms with Crippen LogP contribution in [0.4, 0.5) is 5.00 Å². The third kappa shape index (κ3) is 4.09. The molecular weight excluding hydrogens is 356 g/mol. The molecule has 2 aromatic rings. The Hall–Kier alpha value is -2.17. The lowest BCUT2D eigenvalue weighted by atomic mass is 10.1. The van der Waals surface area contributed by atoms with Crippen molar-refractivity contribution >= 4 is 39.6 Å². The van der Waals surface area contributed by atoms with Gasteiger partial charge in [-0.3, -0.25) is 4.79 Å². The molecule has 25 heavy (non-hydrogen) atoms. The van der Waals surface area contributed by atoms with Crippen LogP contribution in [-0.2, 0) is 22.4 Å². The molecule has 5 nitrogen and oxygen atoms in total. The van der Waals surface area contributed by atoms with Crippen molar-refractivity contribution in [1.82, 2.24) is 0 Å². The Morgan fingerprint density at radius 2 is 2.04 bits per heavy atom. The second-order valence-electron chi connectivity index (χ2n) is 5.91. The molecule has 0 saturated carbocycles. The van der Waals surface area contributed by atoms with Crippen molar-refractivity contribution in [2.75, 3.05) is 11.9 Å². The summed E-state index contributed by atoms with van der Waals surface area (Å²) in [6, 6.07) is 5.74. The lowest BCUT2D eigenvalue weighted by Gasteiger charge is -2.05. The van der Waals surface area contributed by atoms with Crippen LogP contribution in [0.25, 0.3) is 0 Å². The Morgan fingerprint density at radius 1 is 1.24 bits per heavy atom. The number of ether oxygens (including phenoxy) is 1. The van der Waals surface area contributed by atoms with Crippen LogP contribution in [0.2, 0.25) is 0 Å². The van der Waals surface area contributed by atoms with Crippen LogP contribution >= 0.6 is 22.7 Å². The highest BCUT2D eigenvalue weighted by Crippen LogP contribution is 2.36. The van der Waals surface area contributed by atoms with Gasteiger partial charge in [-0.1, -0.05) is 6.42 Å². The van der Waals surface area contributed by atoms with Crippen LogP contribution in [0.5, 0.6) is 0 Å². The molecule has 0 saturated heterocycles. The van der Waals surface area contributed by atoms with E-state index in [-0.39, 0.29) is 6.61 Å². The van der Waals surface area contributed by atoms with Gasteiger partial charge in [-0.2, -0.15) is 5.26 Å². The number of fused-ring (bicyclic) bond motifs is 1. The minimum Gasteiger partial charge on any atom is -0.451 e. The van der Waals surface area contributed by atoms with Crippen molar-refractivity contribution in [2.24, 2.45) is 0 Å². The molecule has 0 spiro atoms. The molecule has 1 aliphatic rings. The van der Waals surface area contributed by atoms with Gasteiger partial charge >= 0.3 is 5.97 Å². The van der Waals surface area contributed by atoms with Crippen LogP contribution in [0.3, 0.4) is 0 Å². The first-order chi connectivity index (χ1) is 12.1. The Labute approximate surface area is 154 Å². The first-order valence-electron chi connectivity index (χ1n) is 8.16. The molecule has 1 aliphatic carbocycles. The average Bonchev–Trinajstić information content (AvgIpc) is 3.08. The van der Waals surface area contributed by atoms with Gasteiger partial charge in [-0.15, -0.1) is 22.7 Å². The number of anilines is 1. The molecule has 0 bridgehead atoms. The highest BCUT2D eigenvalue weighted by molar-refractivity contribution is 7.16. The maximum absolute atomic E-state index is 12.1. The number of esters is 1. The summed E-state index contributed by atoms with van der Waals surface area (Å²) >= 11 is 2.80. The van der Waals surface area contributed by atoms with Crippen molar-refractivity contribution in [3.05, 3.63) is 37.9 Å². The normalized spacial score (nSPS) is 13.4. The number of nitrogens with one attached hydrogen (secondary N) is 1. The van der Waals surface area contributed by atoms with E-state index in [0.717, 1.165) is 36.1 Å². The topological polar surface area (TPSA) is 79.2 Å². The summed E-state index contributed by atoms with van der Waals surface area (Å²) in [6.45, 7) is 1.54. The lowest BCUT2D eigenvalue weighted by Crippen LogP contribution is -2.20. The lowest BCUT2D eigenvalue weighted by molar-refractivity contribution is -0.119. The zero-order chi connectivity index (χ0) is 17.8. The molecule has 0 unspecified atom stereocenters. The largest absolute Gasteiger partial charge is 0.451 e. The average molecular weight is 374 g/mol. The van der Waals surface area contributed by atoms with E-state index >= 15 is 0 Å². The first-order valence-corrected chi connectivity index (χ1v) is 9.80. The number of amides is 1. The van der Waals surface area contributed by atoms with Crippen molar-refractivity contribution in [3.63, 3.8) is 0 Å². The van der Waals surface area contributed by atoms with Crippen LogP contribution in [0.1, 0.15) is 49.8 Å². The summed E-state index contributed by atoms with van der Waals surface area (Å²) in [7, 11) is 0. The van der Waals surface area contributed by atoms with Gasteiger partial charge in [0.25, 0.3) is 5.91 Å². The molecule has 2 aromatic heterocycles. The minimum atomic E-state index is -0.504. The number of hydrogen-bond acceptors (Lipinski definition) is 6. The molecule has 0 fully saturated rings. The Balaban J connectivity index is 1.63. The molecule has 0 aromatic carbocycles. The van der Waals surface area contributed by atoms with E-state index < -0.39 is 11.9 Å². The third-order valence-corrected chi connectivity index (χ3v) is 6.25. The van der Waals surface area contributed by atoms with E-state index in [1.54, 1.807) is 6.07 Å². The molecule has 1 N–H and O–H groups in total. The van der Waals surface area contributed by atoms with E-state index in [9.17, 15) is 14.9 Å². The smallest absolute Gasteiger partial charge is 0.348 e. The molecule has 7 heteroatoms. The van der Waals surface area contributed by atoms with Gasteiger partial charge in [0.2, 0.25) is 0 Å². The van der Waals surface area contributed by atoms with E-state index in [2.05, 4.69) is 11.4 Å². The quantitative estimate of drug-likeness (QED) is 0.647. The molecule has 0 atom stereocenters. The van der Waals surface area contributed by atoms with Gasteiger partial charge in [0.1, 0.15) is 15.9 Å². The van der Waals surface area contributed by atoms with Crippen LogP contribution in [0.15, 0.2) is 12.1 Å². The number of aryl methyl sites for hydroxylation is 2. The zero-order valence-corrected chi connectivity index (χ0v) is 15.5. The molecule has 2 heterocycles. The molecule has 0 radical (unpaired) electrons. The van der Waals surface area contributed by atoms with Gasteiger partial charge in [-0.05, 0) is 50.3 Å². The highest BCUT2D eigenvalue weighted by Gasteiger charge is 2.21. The maximum Gasteiger partial charge on any atom is 0.348 e. The fourth-order valence-corrected chi connectivity index (χ4v) is 4.88. The first kappa shape index (κ1) is 17.6. The molecule has 1 amide bonds. The Kier molecular flexibility index (Phi) is 5.51. The minimum absolute atomic E-state index is 0.358. The SMILES string of the molecule is Cc1ccc(C(=O)OCC(=O)Nc2sc3c(c2C#N)CCCCC3)s1. The highest BCUT2D eigenvalue weighted by atomic mass is 32.1. The van der Waals surface area contributed by atoms with Crippen LogP contribution in [-0.4, -0.2) is 18.5 Å². The zero-order valence-electron chi connectivity index (χ0n) is 13.9.